The number of methoxy groups -OCH3 is 1. The molecule has 0 aliphatic rings. The summed E-state index contributed by atoms with van der Waals surface area (Å²) >= 11 is 0. The molecule has 0 spiro atoms. The highest BCUT2D eigenvalue weighted by Crippen LogP contribution is 2.15. The summed E-state index contributed by atoms with van der Waals surface area (Å²) in [6.45, 7) is 2.19. The summed E-state index contributed by atoms with van der Waals surface area (Å²) in [5.41, 5.74) is 3.32. The van der Waals surface area contributed by atoms with E-state index >= 15 is 0 Å². The average Bonchev–Trinajstić information content (AvgIpc) is 2.47. The molecule has 0 bridgehead atoms. The lowest BCUT2D eigenvalue weighted by atomic mass is 10.1. The molecule has 0 amide bonds. The van der Waals surface area contributed by atoms with Gasteiger partial charge < -0.3 is 4.74 Å². The fourth-order valence-corrected chi connectivity index (χ4v) is 1.93. The molecule has 1 heteroatoms. The van der Waals surface area contributed by atoms with Gasteiger partial charge in [-0.15, -0.1) is 0 Å². The van der Waals surface area contributed by atoms with Crippen LogP contribution in [0.25, 0.3) is 0 Å². The van der Waals surface area contributed by atoms with E-state index in [1.807, 2.05) is 24.3 Å². The summed E-state index contributed by atoms with van der Waals surface area (Å²) in [5, 5.41) is 0. The number of ether oxygens (including phenoxy) is 1. The summed E-state index contributed by atoms with van der Waals surface area (Å²) in [7, 11) is 1.67. The van der Waals surface area contributed by atoms with Crippen molar-refractivity contribution in [2.45, 2.75) is 19.8 Å². The van der Waals surface area contributed by atoms with Crippen molar-refractivity contribution < 1.29 is 4.74 Å². The van der Waals surface area contributed by atoms with E-state index < -0.39 is 0 Å². The van der Waals surface area contributed by atoms with Gasteiger partial charge in [0.05, 0.1) is 12.7 Å². The SMILES string of the molecule is CCCc1ccc(C#Cc2ccccc2OC)cc1. The Kier molecular flexibility index (Phi) is 4.64. The zero-order chi connectivity index (χ0) is 13.5. The van der Waals surface area contributed by atoms with E-state index in [0.29, 0.717) is 0 Å². The van der Waals surface area contributed by atoms with Gasteiger partial charge in [-0.2, -0.15) is 0 Å². The summed E-state index contributed by atoms with van der Waals surface area (Å²) in [6, 6.07) is 16.3. The van der Waals surface area contributed by atoms with Crippen molar-refractivity contribution in [1.82, 2.24) is 0 Å². The molecule has 0 fully saturated rings. The van der Waals surface area contributed by atoms with Crippen molar-refractivity contribution in [3.63, 3.8) is 0 Å². The highest BCUT2D eigenvalue weighted by molar-refractivity contribution is 5.49. The lowest BCUT2D eigenvalue weighted by molar-refractivity contribution is 0.413. The minimum Gasteiger partial charge on any atom is -0.495 e. The first kappa shape index (κ1) is 13.2. The monoisotopic (exact) mass is 250 g/mol. The standard InChI is InChI=1S/C18H18O/c1-3-6-15-9-11-16(12-10-15)13-14-17-7-4-5-8-18(17)19-2/h4-5,7-12H,3,6H2,1-2H3. The summed E-state index contributed by atoms with van der Waals surface area (Å²) < 4.78 is 5.28. The number of hydrogen-bond acceptors (Lipinski definition) is 1. The second-order valence-electron chi connectivity index (χ2n) is 4.40. The molecule has 1 nitrogen and oxygen atoms in total. The maximum Gasteiger partial charge on any atom is 0.134 e. The maximum absolute atomic E-state index is 5.28. The number of para-hydroxylation sites is 1. The van der Waals surface area contributed by atoms with Crippen molar-refractivity contribution in [3.8, 4) is 17.6 Å². The Morgan fingerprint density at radius 2 is 1.68 bits per heavy atom. The van der Waals surface area contributed by atoms with Crippen LogP contribution in [0.5, 0.6) is 5.75 Å². The maximum atomic E-state index is 5.28. The van der Waals surface area contributed by atoms with E-state index in [1.165, 1.54) is 12.0 Å². The molecule has 0 unspecified atom stereocenters. The molecule has 96 valence electrons. The van der Waals surface area contributed by atoms with Gasteiger partial charge in [0.2, 0.25) is 0 Å². The second-order valence-corrected chi connectivity index (χ2v) is 4.40. The molecule has 0 saturated heterocycles. The average molecular weight is 250 g/mol. The molecule has 0 saturated carbocycles. The topological polar surface area (TPSA) is 9.23 Å². The van der Waals surface area contributed by atoms with Crippen molar-refractivity contribution in [2.75, 3.05) is 7.11 Å². The molecule has 2 rings (SSSR count). The Bertz CT molecular complexity index is 585. The Morgan fingerprint density at radius 1 is 0.947 bits per heavy atom. The van der Waals surface area contributed by atoms with E-state index in [4.69, 9.17) is 4.74 Å². The van der Waals surface area contributed by atoms with Crippen LogP contribution >= 0.6 is 0 Å². The van der Waals surface area contributed by atoms with Gasteiger partial charge in [-0.05, 0) is 36.2 Å². The normalized spacial score (nSPS) is 9.58. The van der Waals surface area contributed by atoms with Gasteiger partial charge in [-0.1, -0.05) is 49.5 Å². The molecule has 0 radical (unpaired) electrons. The molecule has 0 atom stereocenters. The van der Waals surface area contributed by atoms with E-state index in [2.05, 4.69) is 43.0 Å². The third-order valence-corrected chi connectivity index (χ3v) is 2.94. The zero-order valence-corrected chi connectivity index (χ0v) is 11.4. The van der Waals surface area contributed by atoms with Gasteiger partial charge in [-0.3, -0.25) is 0 Å². The number of benzene rings is 2. The molecule has 0 aliphatic carbocycles. The van der Waals surface area contributed by atoms with Crippen LogP contribution in [0.2, 0.25) is 0 Å². The Morgan fingerprint density at radius 3 is 2.37 bits per heavy atom. The molecule has 0 N–H and O–H groups in total. The van der Waals surface area contributed by atoms with Crippen molar-refractivity contribution >= 4 is 0 Å². The van der Waals surface area contributed by atoms with Crippen LogP contribution in [0, 0.1) is 11.8 Å². The fourth-order valence-electron chi connectivity index (χ4n) is 1.93. The van der Waals surface area contributed by atoms with Crippen LogP contribution in [0.1, 0.15) is 30.0 Å². The van der Waals surface area contributed by atoms with Crippen molar-refractivity contribution in [2.24, 2.45) is 0 Å². The lowest BCUT2D eigenvalue weighted by Crippen LogP contribution is -1.87. The predicted molar refractivity (Wildman–Crippen MR) is 79.4 cm³/mol. The number of rotatable bonds is 3. The second kappa shape index (κ2) is 6.66. The van der Waals surface area contributed by atoms with Crippen molar-refractivity contribution in [1.29, 1.82) is 0 Å². The fraction of sp³-hybridized carbons (Fsp3) is 0.222. The van der Waals surface area contributed by atoms with Gasteiger partial charge >= 0.3 is 0 Å². The van der Waals surface area contributed by atoms with E-state index in [0.717, 1.165) is 23.3 Å². The Balaban J connectivity index is 2.19. The first-order valence-electron chi connectivity index (χ1n) is 6.57. The van der Waals surface area contributed by atoms with Gasteiger partial charge in [0.25, 0.3) is 0 Å². The van der Waals surface area contributed by atoms with Gasteiger partial charge in [0.15, 0.2) is 0 Å². The number of hydrogen-bond donors (Lipinski definition) is 0. The molecule has 19 heavy (non-hydrogen) atoms. The van der Waals surface area contributed by atoms with Crippen LogP contribution in [-0.2, 0) is 6.42 Å². The van der Waals surface area contributed by atoms with Crippen LogP contribution in [-0.4, -0.2) is 7.11 Å². The van der Waals surface area contributed by atoms with Gasteiger partial charge in [-0.25, -0.2) is 0 Å². The van der Waals surface area contributed by atoms with E-state index in [9.17, 15) is 0 Å². The smallest absolute Gasteiger partial charge is 0.134 e. The Labute approximate surface area is 115 Å². The first-order chi connectivity index (χ1) is 9.33. The third kappa shape index (κ3) is 3.63. The molecular formula is C18H18O. The molecule has 2 aromatic rings. The zero-order valence-electron chi connectivity index (χ0n) is 11.4. The number of aryl methyl sites for hydroxylation is 1. The Hall–Kier alpha value is -2.20. The molecule has 2 aromatic carbocycles. The predicted octanol–water partition coefficient (Wildman–Crippen LogP) is 4.05. The van der Waals surface area contributed by atoms with Crippen molar-refractivity contribution in [3.05, 3.63) is 65.2 Å². The van der Waals surface area contributed by atoms with Gasteiger partial charge in [0, 0.05) is 5.56 Å². The minimum absolute atomic E-state index is 0.817. The van der Waals surface area contributed by atoms with E-state index in [1.54, 1.807) is 7.11 Å². The minimum atomic E-state index is 0.817. The molecule has 0 aromatic heterocycles. The van der Waals surface area contributed by atoms with Crippen LogP contribution in [0.15, 0.2) is 48.5 Å². The highest BCUT2D eigenvalue weighted by atomic mass is 16.5. The quantitative estimate of drug-likeness (QED) is 0.747. The summed E-state index contributed by atoms with van der Waals surface area (Å²) in [5.74, 6) is 7.15. The van der Waals surface area contributed by atoms with E-state index in [-0.39, 0.29) is 0 Å². The third-order valence-electron chi connectivity index (χ3n) is 2.94. The molecule has 0 heterocycles. The van der Waals surface area contributed by atoms with Crippen LogP contribution in [0.4, 0.5) is 0 Å². The highest BCUT2D eigenvalue weighted by Gasteiger charge is 1.96. The van der Waals surface area contributed by atoms with Crippen LogP contribution in [0.3, 0.4) is 0 Å². The summed E-state index contributed by atoms with van der Waals surface area (Å²) in [4.78, 5) is 0. The van der Waals surface area contributed by atoms with Gasteiger partial charge in [0.1, 0.15) is 5.75 Å². The molecule has 0 aliphatic heterocycles. The summed E-state index contributed by atoms with van der Waals surface area (Å²) in [6.07, 6.45) is 2.30. The van der Waals surface area contributed by atoms with Crippen LogP contribution < -0.4 is 4.74 Å². The largest absolute Gasteiger partial charge is 0.495 e. The first-order valence-corrected chi connectivity index (χ1v) is 6.57. The lowest BCUT2D eigenvalue weighted by Gasteiger charge is -2.01. The molecular weight excluding hydrogens is 232 g/mol.